The van der Waals surface area contributed by atoms with Crippen molar-refractivity contribution < 1.29 is 9.18 Å². The molecular formula is C15H20BrFN2O. The molecule has 1 N–H and O–H groups in total. The molecule has 1 aromatic carbocycles. The predicted octanol–water partition coefficient (Wildman–Crippen LogP) is 3.05. The van der Waals surface area contributed by atoms with Gasteiger partial charge >= 0.3 is 0 Å². The van der Waals surface area contributed by atoms with E-state index < -0.39 is 5.82 Å². The van der Waals surface area contributed by atoms with Crippen LogP contribution in [0, 0.1) is 11.2 Å². The minimum atomic E-state index is -0.501. The Labute approximate surface area is 127 Å². The quantitative estimate of drug-likeness (QED) is 0.915. The van der Waals surface area contributed by atoms with Crippen LogP contribution in [0.2, 0.25) is 0 Å². The third-order valence-electron chi connectivity index (χ3n) is 4.07. The van der Waals surface area contributed by atoms with Gasteiger partial charge in [0.05, 0.1) is 10.0 Å². The summed E-state index contributed by atoms with van der Waals surface area (Å²) in [6.45, 7) is 4.85. The second-order valence-corrected chi connectivity index (χ2v) is 6.75. The zero-order valence-corrected chi connectivity index (χ0v) is 13.5. The number of hydrogen-bond donors (Lipinski definition) is 1. The van der Waals surface area contributed by atoms with Crippen LogP contribution in [0.15, 0.2) is 22.7 Å². The van der Waals surface area contributed by atoms with Crippen LogP contribution in [-0.4, -0.2) is 37.5 Å². The molecule has 1 aromatic rings. The van der Waals surface area contributed by atoms with E-state index in [0.717, 1.165) is 25.9 Å². The molecule has 0 bridgehead atoms. The molecule has 1 aliphatic heterocycles. The molecule has 0 saturated carbocycles. The van der Waals surface area contributed by atoms with E-state index >= 15 is 0 Å². The van der Waals surface area contributed by atoms with Gasteiger partial charge in [-0.2, -0.15) is 0 Å². The van der Waals surface area contributed by atoms with E-state index in [2.05, 4.69) is 40.1 Å². The largest absolute Gasteiger partial charge is 0.351 e. The third-order valence-corrected chi connectivity index (χ3v) is 4.68. The van der Waals surface area contributed by atoms with Crippen LogP contribution in [0.3, 0.4) is 0 Å². The first kappa shape index (κ1) is 15.4. The normalized spacial score (nSPS) is 18.8. The van der Waals surface area contributed by atoms with Gasteiger partial charge in [-0.25, -0.2) is 4.39 Å². The lowest BCUT2D eigenvalue weighted by Gasteiger charge is -2.37. The van der Waals surface area contributed by atoms with Crippen molar-refractivity contribution in [3.63, 3.8) is 0 Å². The fourth-order valence-corrected chi connectivity index (χ4v) is 2.77. The first-order chi connectivity index (χ1) is 9.41. The summed E-state index contributed by atoms with van der Waals surface area (Å²) in [6, 6.07) is 4.76. The minimum Gasteiger partial charge on any atom is -0.351 e. The number of piperidine rings is 1. The number of benzene rings is 1. The molecule has 0 radical (unpaired) electrons. The maximum Gasteiger partial charge on any atom is 0.254 e. The summed E-state index contributed by atoms with van der Waals surface area (Å²) in [4.78, 5) is 14.4. The number of nitrogens with one attached hydrogen (secondary N) is 1. The standard InChI is InChI=1S/C15H20BrFN2O/c1-15(6-8-19(2)9-7-15)10-18-14(20)11-4-3-5-12(16)13(11)17/h3-5H,6-10H2,1-2H3,(H,18,20). The fraction of sp³-hybridized carbons (Fsp3) is 0.533. The number of carbonyl (C=O) groups excluding carboxylic acids is 1. The molecule has 1 heterocycles. The zero-order valence-electron chi connectivity index (χ0n) is 11.9. The summed E-state index contributed by atoms with van der Waals surface area (Å²) in [5, 5.41) is 2.87. The number of rotatable bonds is 3. The predicted molar refractivity (Wildman–Crippen MR) is 81.3 cm³/mol. The van der Waals surface area contributed by atoms with Gasteiger partial charge in [-0.15, -0.1) is 0 Å². The number of likely N-dealkylation sites (tertiary alicyclic amines) is 1. The van der Waals surface area contributed by atoms with Crippen LogP contribution in [0.5, 0.6) is 0 Å². The highest BCUT2D eigenvalue weighted by molar-refractivity contribution is 9.10. The molecule has 1 saturated heterocycles. The Morgan fingerprint density at radius 1 is 1.45 bits per heavy atom. The van der Waals surface area contributed by atoms with Crippen LogP contribution < -0.4 is 5.32 Å². The maximum atomic E-state index is 13.8. The molecule has 0 aromatic heterocycles. The van der Waals surface area contributed by atoms with Crippen LogP contribution in [0.4, 0.5) is 4.39 Å². The summed E-state index contributed by atoms with van der Waals surface area (Å²) >= 11 is 3.10. The van der Waals surface area contributed by atoms with Gasteiger partial charge in [0.25, 0.3) is 5.91 Å². The highest BCUT2D eigenvalue weighted by atomic mass is 79.9. The van der Waals surface area contributed by atoms with Gasteiger partial charge in [-0.3, -0.25) is 4.79 Å². The van der Waals surface area contributed by atoms with Gasteiger partial charge in [0, 0.05) is 6.54 Å². The summed E-state index contributed by atoms with van der Waals surface area (Å²) in [5.41, 5.74) is 0.195. The van der Waals surface area contributed by atoms with Gasteiger partial charge in [0.1, 0.15) is 5.82 Å². The van der Waals surface area contributed by atoms with Crippen LogP contribution in [-0.2, 0) is 0 Å². The van der Waals surface area contributed by atoms with Crippen molar-refractivity contribution in [1.29, 1.82) is 0 Å². The topological polar surface area (TPSA) is 32.3 Å². The van der Waals surface area contributed by atoms with Gasteiger partial charge in [-0.1, -0.05) is 13.0 Å². The summed E-state index contributed by atoms with van der Waals surface area (Å²) < 4.78 is 14.2. The third kappa shape index (κ3) is 3.58. The zero-order chi connectivity index (χ0) is 14.8. The van der Waals surface area contributed by atoms with Crippen LogP contribution >= 0.6 is 15.9 Å². The Morgan fingerprint density at radius 3 is 2.75 bits per heavy atom. The molecule has 1 amide bonds. The molecule has 2 rings (SSSR count). The van der Waals surface area contributed by atoms with Crippen LogP contribution in [0.1, 0.15) is 30.1 Å². The van der Waals surface area contributed by atoms with Gasteiger partial charge in [-0.05, 0) is 66.5 Å². The van der Waals surface area contributed by atoms with Crippen molar-refractivity contribution in [2.24, 2.45) is 5.41 Å². The smallest absolute Gasteiger partial charge is 0.254 e. The average molecular weight is 343 g/mol. The second kappa shape index (κ2) is 6.22. The Hall–Kier alpha value is -0.940. The van der Waals surface area contributed by atoms with Gasteiger partial charge in [0.2, 0.25) is 0 Å². The first-order valence-electron chi connectivity index (χ1n) is 6.82. The fourth-order valence-electron chi connectivity index (χ4n) is 2.40. The lowest BCUT2D eigenvalue weighted by molar-refractivity contribution is 0.0887. The number of halogens is 2. The number of nitrogens with zero attached hydrogens (tertiary/aromatic N) is 1. The van der Waals surface area contributed by atoms with Crippen molar-refractivity contribution in [3.8, 4) is 0 Å². The lowest BCUT2D eigenvalue weighted by Crippen LogP contribution is -2.43. The van der Waals surface area contributed by atoms with E-state index in [4.69, 9.17) is 0 Å². The molecule has 0 atom stereocenters. The van der Waals surface area contributed by atoms with E-state index in [-0.39, 0.29) is 16.9 Å². The van der Waals surface area contributed by atoms with Crippen LogP contribution in [0.25, 0.3) is 0 Å². The molecule has 110 valence electrons. The molecule has 1 fully saturated rings. The molecule has 3 nitrogen and oxygen atoms in total. The molecule has 0 aliphatic carbocycles. The van der Waals surface area contributed by atoms with Crippen molar-refractivity contribution >= 4 is 21.8 Å². The summed E-state index contributed by atoms with van der Waals surface area (Å²) in [6.07, 6.45) is 2.09. The lowest BCUT2D eigenvalue weighted by atomic mass is 9.80. The highest BCUT2D eigenvalue weighted by Gasteiger charge is 2.29. The van der Waals surface area contributed by atoms with Gasteiger partial charge in [0.15, 0.2) is 0 Å². The van der Waals surface area contributed by atoms with Gasteiger partial charge < -0.3 is 10.2 Å². The molecule has 0 unspecified atom stereocenters. The monoisotopic (exact) mass is 342 g/mol. The molecule has 0 spiro atoms. The Bertz CT molecular complexity index is 499. The maximum absolute atomic E-state index is 13.8. The molecule has 5 heteroatoms. The Balaban J connectivity index is 1.97. The summed E-state index contributed by atoms with van der Waals surface area (Å²) in [7, 11) is 2.11. The minimum absolute atomic E-state index is 0.0934. The van der Waals surface area contributed by atoms with E-state index in [9.17, 15) is 9.18 Å². The summed E-state index contributed by atoms with van der Waals surface area (Å²) in [5.74, 6) is -0.845. The van der Waals surface area contributed by atoms with E-state index in [0.29, 0.717) is 11.0 Å². The first-order valence-corrected chi connectivity index (χ1v) is 7.61. The van der Waals surface area contributed by atoms with E-state index in [1.807, 2.05) is 0 Å². The van der Waals surface area contributed by atoms with Crippen molar-refractivity contribution in [3.05, 3.63) is 34.1 Å². The molecule has 20 heavy (non-hydrogen) atoms. The SMILES string of the molecule is CN1CCC(C)(CNC(=O)c2cccc(Br)c2F)CC1. The van der Waals surface area contributed by atoms with Crippen molar-refractivity contribution in [1.82, 2.24) is 10.2 Å². The van der Waals surface area contributed by atoms with E-state index in [1.54, 1.807) is 12.1 Å². The Kier molecular flexibility index (Phi) is 4.81. The van der Waals surface area contributed by atoms with Crippen molar-refractivity contribution in [2.45, 2.75) is 19.8 Å². The highest BCUT2D eigenvalue weighted by Crippen LogP contribution is 2.29. The molecular weight excluding hydrogens is 323 g/mol. The Morgan fingerprint density at radius 2 is 2.10 bits per heavy atom. The van der Waals surface area contributed by atoms with Crippen molar-refractivity contribution in [2.75, 3.05) is 26.7 Å². The number of carbonyl (C=O) groups is 1. The number of amides is 1. The van der Waals surface area contributed by atoms with E-state index in [1.165, 1.54) is 6.07 Å². The average Bonchev–Trinajstić information content (AvgIpc) is 2.43. The number of hydrogen-bond acceptors (Lipinski definition) is 2. The molecule has 1 aliphatic rings. The second-order valence-electron chi connectivity index (χ2n) is 5.90.